The molecule has 6 rings (SSSR count). The average Bonchev–Trinajstić information content (AvgIpc) is 3.33. The van der Waals surface area contributed by atoms with Gasteiger partial charge in [0.15, 0.2) is 0 Å². The van der Waals surface area contributed by atoms with Gasteiger partial charge in [0.1, 0.15) is 21.3 Å². The topological polar surface area (TPSA) is 71.7 Å². The molecule has 8 heteroatoms. The fourth-order valence-electron chi connectivity index (χ4n) is 5.00. The van der Waals surface area contributed by atoms with Crippen molar-refractivity contribution in [3.63, 3.8) is 0 Å². The number of fused-ring (bicyclic) bond motifs is 1. The molecule has 196 valence electrons. The highest BCUT2D eigenvalue weighted by Gasteiger charge is 2.28. The van der Waals surface area contributed by atoms with Gasteiger partial charge in [-0.2, -0.15) is 0 Å². The summed E-state index contributed by atoms with van der Waals surface area (Å²) < 4.78 is 18.7. The third-order valence-corrected chi connectivity index (χ3v) is 8.21. The van der Waals surface area contributed by atoms with Gasteiger partial charge in [0.2, 0.25) is 0 Å². The third kappa shape index (κ3) is 4.79. The van der Waals surface area contributed by atoms with Crippen molar-refractivity contribution in [3.8, 4) is 28.1 Å². The number of ether oxygens (including phenoxy) is 1. The fraction of sp³-hybridized carbons (Fsp3) is 0.161. The summed E-state index contributed by atoms with van der Waals surface area (Å²) in [5.41, 5.74) is 11.8. The van der Waals surface area contributed by atoms with Crippen LogP contribution in [0.3, 0.4) is 0 Å². The van der Waals surface area contributed by atoms with Gasteiger partial charge < -0.3 is 20.3 Å². The maximum absolute atomic E-state index is 13.7. The summed E-state index contributed by atoms with van der Waals surface area (Å²) in [7, 11) is 1.64. The van der Waals surface area contributed by atoms with Crippen LogP contribution in [0.1, 0.15) is 9.67 Å². The van der Waals surface area contributed by atoms with Crippen molar-refractivity contribution in [1.82, 2.24) is 9.88 Å². The van der Waals surface area contributed by atoms with Gasteiger partial charge >= 0.3 is 0 Å². The Balaban J connectivity index is 1.36. The number of carbonyl (C=O) groups excluding carboxylic acids is 1. The fourth-order valence-corrected chi connectivity index (χ4v) is 6.09. The summed E-state index contributed by atoms with van der Waals surface area (Å²) in [5.74, 6) is 0.420. The van der Waals surface area contributed by atoms with E-state index >= 15 is 0 Å². The number of halogens is 1. The van der Waals surface area contributed by atoms with Crippen LogP contribution in [0, 0.1) is 5.82 Å². The first-order chi connectivity index (χ1) is 19.0. The first-order valence-electron chi connectivity index (χ1n) is 12.7. The first kappa shape index (κ1) is 24.9. The minimum absolute atomic E-state index is 0.0869. The molecule has 6 nitrogen and oxygen atoms in total. The highest BCUT2D eigenvalue weighted by atomic mass is 32.1. The Hall–Kier alpha value is -4.43. The van der Waals surface area contributed by atoms with E-state index in [2.05, 4.69) is 4.90 Å². The van der Waals surface area contributed by atoms with Crippen molar-refractivity contribution in [2.75, 3.05) is 43.9 Å². The molecule has 2 N–H and O–H groups in total. The SMILES string of the molecule is COc1ccc(-c2cc(-c3ccccc3)nc3sc(C(=O)N4CCN(c5ccc(F)cc5)CC4)c(N)c23)cc1. The zero-order valence-electron chi connectivity index (χ0n) is 21.4. The molecular weight excluding hydrogens is 511 g/mol. The van der Waals surface area contributed by atoms with Crippen LogP contribution in [-0.4, -0.2) is 49.1 Å². The van der Waals surface area contributed by atoms with Crippen LogP contribution in [0.2, 0.25) is 0 Å². The largest absolute Gasteiger partial charge is 0.497 e. The first-order valence-corrected chi connectivity index (χ1v) is 13.6. The van der Waals surface area contributed by atoms with Gasteiger partial charge in [0, 0.05) is 42.8 Å². The predicted octanol–water partition coefficient (Wildman–Crippen LogP) is 6.32. The average molecular weight is 539 g/mol. The van der Waals surface area contributed by atoms with Crippen LogP contribution >= 0.6 is 11.3 Å². The molecule has 0 bridgehead atoms. The molecule has 2 aromatic heterocycles. The lowest BCUT2D eigenvalue weighted by molar-refractivity contribution is 0.0752. The number of hydrogen-bond acceptors (Lipinski definition) is 6. The number of amides is 1. The lowest BCUT2D eigenvalue weighted by Gasteiger charge is -2.36. The summed E-state index contributed by atoms with van der Waals surface area (Å²) in [6.45, 7) is 2.43. The maximum atomic E-state index is 13.7. The molecule has 1 aliphatic rings. The summed E-state index contributed by atoms with van der Waals surface area (Å²) in [5, 5.41) is 0.790. The number of rotatable bonds is 5. The van der Waals surface area contributed by atoms with E-state index in [-0.39, 0.29) is 11.7 Å². The molecule has 0 spiro atoms. The van der Waals surface area contributed by atoms with E-state index in [0.717, 1.165) is 44.0 Å². The monoisotopic (exact) mass is 538 g/mol. The molecule has 0 radical (unpaired) electrons. The molecule has 1 fully saturated rings. The van der Waals surface area contributed by atoms with E-state index in [9.17, 15) is 9.18 Å². The van der Waals surface area contributed by atoms with E-state index in [4.69, 9.17) is 15.5 Å². The number of nitrogens with two attached hydrogens (primary N) is 1. The van der Waals surface area contributed by atoms with Gasteiger partial charge in [0.25, 0.3) is 5.91 Å². The Morgan fingerprint density at radius 1 is 0.923 bits per heavy atom. The van der Waals surface area contributed by atoms with Crippen molar-refractivity contribution in [2.24, 2.45) is 0 Å². The Kier molecular flexibility index (Phi) is 6.62. The maximum Gasteiger partial charge on any atom is 0.266 e. The van der Waals surface area contributed by atoms with Gasteiger partial charge in [-0.05, 0) is 53.6 Å². The van der Waals surface area contributed by atoms with Gasteiger partial charge in [-0.1, -0.05) is 42.5 Å². The number of carbonyl (C=O) groups is 1. The van der Waals surface area contributed by atoms with Gasteiger partial charge in [-0.15, -0.1) is 11.3 Å². The highest BCUT2D eigenvalue weighted by Crippen LogP contribution is 2.42. The molecule has 39 heavy (non-hydrogen) atoms. The second-order valence-electron chi connectivity index (χ2n) is 9.43. The number of aromatic nitrogens is 1. The number of methoxy groups -OCH3 is 1. The quantitative estimate of drug-likeness (QED) is 0.283. The molecule has 0 unspecified atom stereocenters. The Bertz CT molecular complexity index is 1630. The van der Waals surface area contributed by atoms with Crippen LogP contribution in [0.15, 0.2) is 84.9 Å². The number of piperazine rings is 1. The Labute approximate surface area is 230 Å². The molecule has 1 aliphatic heterocycles. The van der Waals surface area contributed by atoms with E-state index in [0.29, 0.717) is 36.7 Å². The molecule has 0 aliphatic carbocycles. The molecule has 0 atom stereocenters. The molecule has 3 heterocycles. The van der Waals surface area contributed by atoms with Crippen LogP contribution < -0.4 is 15.4 Å². The molecule has 5 aromatic rings. The third-order valence-electron chi connectivity index (χ3n) is 7.12. The minimum atomic E-state index is -0.258. The van der Waals surface area contributed by atoms with Crippen molar-refractivity contribution in [2.45, 2.75) is 0 Å². The highest BCUT2D eigenvalue weighted by molar-refractivity contribution is 7.21. The van der Waals surface area contributed by atoms with E-state index in [1.165, 1.54) is 23.5 Å². The minimum Gasteiger partial charge on any atom is -0.497 e. The Morgan fingerprint density at radius 3 is 2.28 bits per heavy atom. The van der Waals surface area contributed by atoms with Gasteiger partial charge in [-0.25, -0.2) is 9.37 Å². The predicted molar refractivity (Wildman–Crippen MR) is 156 cm³/mol. The van der Waals surface area contributed by atoms with Crippen molar-refractivity contribution in [1.29, 1.82) is 0 Å². The number of benzene rings is 3. The second-order valence-corrected chi connectivity index (χ2v) is 10.4. The number of nitrogens with zero attached hydrogens (tertiary/aromatic N) is 3. The lowest BCUT2D eigenvalue weighted by Crippen LogP contribution is -2.48. The smallest absolute Gasteiger partial charge is 0.266 e. The number of hydrogen-bond donors (Lipinski definition) is 1. The standard InChI is InChI=1S/C31H27FN4O2S/c1-38-24-13-7-20(8-14-24)25-19-26(21-5-3-2-4-6-21)34-30-27(25)28(33)29(39-30)31(37)36-17-15-35(16-18-36)23-11-9-22(32)10-12-23/h2-14,19H,15-18,33H2,1H3. The summed E-state index contributed by atoms with van der Waals surface area (Å²) in [6, 6.07) is 26.3. The molecular formula is C31H27FN4O2S. The Morgan fingerprint density at radius 2 is 1.62 bits per heavy atom. The molecule has 1 amide bonds. The molecule has 1 saturated heterocycles. The van der Waals surface area contributed by atoms with E-state index in [1.807, 2.05) is 65.6 Å². The second kappa shape index (κ2) is 10.4. The molecule has 0 saturated carbocycles. The number of pyridine rings is 1. The van der Waals surface area contributed by atoms with Crippen molar-refractivity contribution in [3.05, 3.63) is 95.6 Å². The number of nitrogen functional groups attached to an aromatic ring is 1. The van der Waals surface area contributed by atoms with Crippen LogP contribution in [0.5, 0.6) is 5.75 Å². The van der Waals surface area contributed by atoms with Crippen LogP contribution in [-0.2, 0) is 0 Å². The summed E-state index contributed by atoms with van der Waals surface area (Å²) in [4.78, 5) is 23.9. The van der Waals surface area contributed by atoms with Crippen LogP contribution in [0.4, 0.5) is 15.8 Å². The van der Waals surface area contributed by atoms with Crippen molar-refractivity contribution < 1.29 is 13.9 Å². The normalized spacial score (nSPS) is 13.6. The lowest BCUT2D eigenvalue weighted by atomic mass is 9.99. The van der Waals surface area contributed by atoms with Gasteiger partial charge in [0.05, 0.1) is 18.5 Å². The van der Waals surface area contributed by atoms with E-state index in [1.54, 1.807) is 19.2 Å². The summed E-state index contributed by atoms with van der Waals surface area (Å²) >= 11 is 1.34. The van der Waals surface area contributed by atoms with Crippen molar-refractivity contribution >= 4 is 38.8 Å². The zero-order chi connectivity index (χ0) is 26.9. The zero-order valence-corrected chi connectivity index (χ0v) is 22.2. The van der Waals surface area contributed by atoms with E-state index < -0.39 is 0 Å². The number of thiophene rings is 1. The summed E-state index contributed by atoms with van der Waals surface area (Å²) in [6.07, 6.45) is 0. The van der Waals surface area contributed by atoms with Crippen LogP contribution in [0.25, 0.3) is 32.6 Å². The van der Waals surface area contributed by atoms with Gasteiger partial charge in [-0.3, -0.25) is 4.79 Å². The number of anilines is 2. The molecule has 3 aromatic carbocycles.